The van der Waals surface area contributed by atoms with Crippen LogP contribution in [0, 0.1) is 0 Å². The van der Waals surface area contributed by atoms with Crippen molar-refractivity contribution in [3.05, 3.63) is 48.6 Å². The highest BCUT2D eigenvalue weighted by Gasteiger charge is 2.19. The lowest BCUT2D eigenvalue weighted by Gasteiger charge is -2.18. The molecule has 0 N–H and O–H groups in total. The zero-order chi connectivity index (χ0) is 46.5. The molecule has 0 spiro atoms. The van der Waals surface area contributed by atoms with Gasteiger partial charge in [-0.3, -0.25) is 14.4 Å². The smallest absolute Gasteiger partial charge is 0.306 e. The van der Waals surface area contributed by atoms with Crippen LogP contribution in [0.25, 0.3) is 0 Å². The number of carbonyl (C=O) groups excluding carboxylic acids is 3. The van der Waals surface area contributed by atoms with Gasteiger partial charge in [0.25, 0.3) is 0 Å². The fourth-order valence-corrected chi connectivity index (χ4v) is 7.86. The first kappa shape index (κ1) is 61.4. The van der Waals surface area contributed by atoms with Crippen molar-refractivity contribution in [3.8, 4) is 0 Å². The number of esters is 3. The van der Waals surface area contributed by atoms with Crippen LogP contribution in [-0.4, -0.2) is 37.2 Å². The van der Waals surface area contributed by atoms with E-state index in [1.807, 2.05) is 0 Å². The molecule has 0 saturated heterocycles. The number of hydrogen-bond acceptors (Lipinski definition) is 6. The Kier molecular flexibility index (Phi) is 50.8. The molecule has 0 saturated carbocycles. The molecule has 6 nitrogen and oxygen atoms in total. The highest BCUT2D eigenvalue weighted by atomic mass is 16.6. The van der Waals surface area contributed by atoms with E-state index < -0.39 is 6.10 Å². The highest BCUT2D eigenvalue weighted by molar-refractivity contribution is 5.71. The first-order valence-corrected chi connectivity index (χ1v) is 27.6. The second kappa shape index (κ2) is 53.0. The maximum Gasteiger partial charge on any atom is 0.306 e. The molecule has 0 aliphatic carbocycles. The molecule has 372 valence electrons. The third kappa shape index (κ3) is 50.4. The minimum atomic E-state index is -0.779. The average molecular weight is 897 g/mol. The Bertz CT molecular complexity index is 1120. The summed E-state index contributed by atoms with van der Waals surface area (Å²) in [6.07, 6.45) is 63.8. The van der Waals surface area contributed by atoms with Crippen molar-refractivity contribution in [1.82, 2.24) is 0 Å². The van der Waals surface area contributed by atoms with Crippen molar-refractivity contribution in [2.45, 2.75) is 290 Å². The summed E-state index contributed by atoms with van der Waals surface area (Å²) < 4.78 is 16.8. The van der Waals surface area contributed by atoms with E-state index in [4.69, 9.17) is 14.2 Å². The summed E-state index contributed by atoms with van der Waals surface area (Å²) in [7, 11) is 0. The van der Waals surface area contributed by atoms with Crippen LogP contribution < -0.4 is 0 Å². The summed E-state index contributed by atoms with van der Waals surface area (Å²) in [5.41, 5.74) is 0. The molecule has 0 aromatic heterocycles. The van der Waals surface area contributed by atoms with E-state index in [0.717, 1.165) is 89.9 Å². The molecule has 0 radical (unpaired) electrons. The van der Waals surface area contributed by atoms with Crippen molar-refractivity contribution in [3.63, 3.8) is 0 Å². The number of unbranched alkanes of at least 4 members (excludes halogenated alkanes) is 31. The Labute approximate surface area is 397 Å². The van der Waals surface area contributed by atoms with Gasteiger partial charge in [-0.2, -0.15) is 0 Å². The zero-order valence-electron chi connectivity index (χ0n) is 42.6. The number of rotatable bonds is 50. The van der Waals surface area contributed by atoms with Crippen LogP contribution in [0.5, 0.6) is 0 Å². The number of allylic oxidation sites excluding steroid dienone is 8. The summed E-state index contributed by atoms with van der Waals surface area (Å²) in [6, 6.07) is 0. The molecule has 6 heteroatoms. The molecule has 64 heavy (non-hydrogen) atoms. The molecule has 0 rings (SSSR count). The second-order valence-electron chi connectivity index (χ2n) is 18.5. The van der Waals surface area contributed by atoms with E-state index in [1.165, 1.54) is 154 Å². The fraction of sp³-hybridized carbons (Fsp3) is 0.810. The van der Waals surface area contributed by atoms with Crippen molar-refractivity contribution in [2.24, 2.45) is 0 Å². The molecule has 0 aliphatic heterocycles. The van der Waals surface area contributed by atoms with Crippen LogP contribution in [0.3, 0.4) is 0 Å². The summed E-state index contributed by atoms with van der Waals surface area (Å²) in [5, 5.41) is 0. The lowest BCUT2D eigenvalue weighted by molar-refractivity contribution is -0.167. The van der Waals surface area contributed by atoms with Crippen molar-refractivity contribution < 1.29 is 28.6 Å². The van der Waals surface area contributed by atoms with Crippen molar-refractivity contribution in [2.75, 3.05) is 13.2 Å². The Balaban J connectivity index is 4.35. The van der Waals surface area contributed by atoms with Crippen LogP contribution in [0.1, 0.15) is 284 Å². The molecule has 0 aliphatic rings. The SMILES string of the molecule is CCCCC/C=C\C/C=C\CCCCCCCCCCCC(=O)OCC(COC(=O)CCCCCCCCCCCCCC)OC(=O)CCCCCCC/C=C\C/C=C\CCCCC. The van der Waals surface area contributed by atoms with E-state index in [1.54, 1.807) is 0 Å². The minimum absolute atomic E-state index is 0.0776. The predicted molar refractivity (Wildman–Crippen MR) is 275 cm³/mol. The first-order chi connectivity index (χ1) is 31.5. The standard InChI is InChI=1S/C58H104O6/c1-4-7-10-13-16-19-22-25-27-28-29-30-32-33-36-39-42-45-48-51-57(60)63-54-55(53-62-56(59)50-47-44-41-38-35-24-21-18-15-12-9-6-3)64-58(61)52-49-46-43-40-37-34-31-26-23-20-17-14-11-8-5-2/h16-17,19-20,25-27,31,55H,4-15,18,21-24,28-30,32-54H2,1-3H3/b19-16-,20-17-,27-25-,31-26-. The number of ether oxygens (including phenoxy) is 3. The molecule has 0 heterocycles. The van der Waals surface area contributed by atoms with Crippen molar-refractivity contribution in [1.29, 1.82) is 0 Å². The zero-order valence-corrected chi connectivity index (χ0v) is 42.6. The Morgan fingerprint density at radius 2 is 0.562 bits per heavy atom. The van der Waals surface area contributed by atoms with E-state index in [9.17, 15) is 14.4 Å². The number of hydrogen-bond donors (Lipinski definition) is 0. The largest absolute Gasteiger partial charge is 0.462 e. The summed E-state index contributed by atoms with van der Waals surface area (Å²) in [4.78, 5) is 38.0. The van der Waals surface area contributed by atoms with E-state index >= 15 is 0 Å². The van der Waals surface area contributed by atoms with Crippen LogP contribution >= 0.6 is 0 Å². The molecular formula is C58H104O6. The Morgan fingerprint density at radius 1 is 0.312 bits per heavy atom. The molecule has 0 aromatic rings. The van der Waals surface area contributed by atoms with Gasteiger partial charge < -0.3 is 14.2 Å². The fourth-order valence-electron chi connectivity index (χ4n) is 7.86. The van der Waals surface area contributed by atoms with Crippen molar-refractivity contribution >= 4 is 17.9 Å². The normalized spacial score (nSPS) is 12.4. The van der Waals surface area contributed by atoms with Crippen LogP contribution in [0.4, 0.5) is 0 Å². The maximum absolute atomic E-state index is 12.8. The topological polar surface area (TPSA) is 78.9 Å². The summed E-state index contributed by atoms with van der Waals surface area (Å²) in [6.45, 7) is 6.59. The minimum Gasteiger partial charge on any atom is -0.462 e. The monoisotopic (exact) mass is 897 g/mol. The van der Waals surface area contributed by atoms with Crippen LogP contribution in [-0.2, 0) is 28.6 Å². The first-order valence-electron chi connectivity index (χ1n) is 27.6. The second-order valence-corrected chi connectivity index (χ2v) is 18.5. The van der Waals surface area contributed by atoms with Gasteiger partial charge >= 0.3 is 17.9 Å². The van der Waals surface area contributed by atoms with Gasteiger partial charge in [0.05, 0.1) is 0 Å². The summed E-state index contributed by atoms with van der Waals surface area (Å²) >= 11 is 0. The van der Waals surface area contributed by atoms with E-state index in [2.05, 4.69) is 69.4 Å². The number of carbonyl (C=O) groups is 3. The highest BCUT2D eigenvalue weighted by Crippen LogP contribution is 2.15. The maximum atomic E-state index is 12.8. The quantitative estimate of drug-likeness (QED) is 0.0262. The molecule has 1 unspecified atom stereocenters. The predicted octanol–water partition coefficient (Wildman–Crippen LogP) is 18.3. The van der Waals surface area contributed by atoms with Crippen LogP contribution in [0.15, 0.2) is 48.6 Å². The molecular weight excluding hydrogens is 793 g/mol. The Hall–Kier alpha value is -2.63. The Morgan fingerprint density at radius 3 is 0.891 bits per heavy atom. The van der Waals surface area contributed by atoms with Gasteiger partial charge in [0, 0.05) is 19.3 Å². The van der Waals surface area contributed by atoms with Gasteiger partial charge in [-0.05, 0) is 83.5 Å². The lowest BCUT2D eigenvalue weighted by atomic mass is 10.0. The van der Waals surface area contributed by atoms with Gasteiger partial charge in [-0.1, -0.05) is 230 Å². The van der Waals surface area contributed by atoms with E-state index in [-0.39, 0.29) is 31.1 Å². The molecule has 0 amide bonds. The molecule has 0 bridgehead atoms. The van der Waals surface area contributed by atoms with Gasteiger partial charge in [-0.15, -0.1) is 0 Å². The van der Waals surface area contributed by atoms with Gasteiger partial charge in [-0.25, -0.2) is 0 Å². The average Bonchev–Trinajstić information content (AvgIpc) is 3.29. The third-order valence-corrected chi connectivity index (χ3v) is 12.1. The lowest BCUT2D eigenvalue weighted by Crippen LogP contribution is -2.30. The molecule has 0 aromatic carbocycles. The summed E-state index contributed by atoms with van der Waals surface area (Å²) in [5.74, 6) is -0.885. The van der Waals surface area contributed by atoms with E-state index in [0.29, 0.717) is 19.3 Å². The van der Waals surface area contributed by atoms with Crippen LogP contribution in [0.2, 0.25) is 0 Å². The molecule has 0 fully saturated rings. The third-order valence-electron chi connectivity index (χ3n) is 12.1. The molecule has 1 atom stereocenters. The van der Waals surface area contributed by atoms with Gasteiger partial charge in [0.15, 0.2) is 6.10 Å². The van der Waals surface area contributed by atoms with Gasteiger partial charge in [0.2, 0.25) is 0 Å². The van der Waals surface area contributed by atoms with Gasteiger partial charge in [0.1, 0.15) is 13.2 Å².